The van der Waals surface area contributed by atoms with Crippen molar-refractivity contribution in [1.82, 2.24) is 15.0 Å². The molecule has 0 aliphatic carbocycles. The van der Waals surface area contributed by atoms with Crippen LogP contribution in [0.25, 0.3) is 10.6 Å². The summed E-state index contributed by atoms with van der Waals surface area (Å²) in [6, 6.07) is 9.64. The Bertz CT molecular complexity index is 782. The third kappa shape index (κ3) is 3.32. The van der Waals surface area contributed by atoms with Gasteiger partial charge in [-0.1, -0.05) is 17.3 Å². The molecule has 0 bridgehead atoms. The fraction of sp³-hybridized carbons (Fsp3) is 0.235. The van der Waals surface area contributed by atoms with Crippen LogP contribution in [0.15, 0.2) is 46.4 Å². The molecule has 6 heteroatoms. The number of aryl methyl sites for hydroxylation is 1. The van der Waals surface area contributed by atoms with E-state index in [0.29, 0.717) is 30.0 Å². The highest BCUT2D eigenvalue weighted by Crippen LogP contribution is 2.30. The van der Waals surface area contributed by atoms with Gasteiger partial charge in [0, 0.05) is 31.9 Å². The lowest BCUT2D eigenvalue weighted by atomic mass is 10.1. The lowest BCUT2D eigenvalue weighted by Crippen LogP contribution is -2.29. The standard InChI is InChI=1S/C17H17N3O2S/c1-12-15(16(22-19-12)14-7-5-11-23-14)17(21)20(2)10-8-13-6-3-4-9-18-13/h3-7,9,11H,8,10H2,1-2H3. The largest absolute Gasteiger partial charge is 0.354 e. The zero-order valence-corrected chi connectivity index (χ0v) is 13.8. The average Bonchev–Trinajstić information content (AvgIpc) is 3.22. The first-order chi connectivity index (χ1) is 11.2. The van der Waals surface area contributed by atoms with E-state index in [0.717, 1.165) is 10.6 Å². The molecule has 3 rings (SSSR count). The number of carbonyl (C=O) groups is 1. The van der Waals surface area contributed by atoms with Crippen LogP contribution in [-0.2, 0) is 6.42 Å². The van der Waals surface area contributed by atoms with Crippen LogP contribution < -0.4 is 0 Å². The van der Waals surface area contributed by atoms with E-state index in [9.17, 15) is 4.79 Å². The lowest BCUT2D eigenvalue weighted by Gasteiger charge is -2.16. The van der Waals surface area contributed by atoms with Crippen LogP contribution >= 0.6 is 11.3 Å². The van der Waals surface area contributed by atoms with Crippen molar-refractivity contribution in [2.45, 2.75) is 13.3 Å². The molecule has 0 unspecified atom stereocenters. The molecule has 118 valence electrons. The second-order valence-electron chi connectivity index (χ2n) is 5.25. The van der Waals surface area contributed by atoms with E-state index in [-0.39, 0.29) is 5.91 Å². The molecule has 23 heavy (non-hydrogen) atoms. The molecule has 3 heterocycles. The molecule has 3 aromatic heterocycles. The molecule has 0 spiro atoms. The smallest absolute Gasteiger partial charge is 0.259 e. The van der Waals surface area contributed by atoms with Gasteiger partial charge >= 0.3 is 0 Å². The van der Waals surface area contributed by atoms with Gasteiger partial charge < -0.3 is 9.42 Å². The van der Waals surface area contributed by atoms with Gasteiger partial charge in [0.2, 0.25) is 0 Å². The number of amides is 1. The first kappa shape index (κ1) is 15.4. The molecule has 0 aliphatic rings. The molecule has 5 nitrogen and oxygen atoms in total. The Morgan fingerprint density at radius 1 is 1.30 bits per heavy atom. The quantitative estimate of drug-likeness (QED) is 0.720. The van der Waals surface area contributed by atoms with Crippen LogP contribution in [0, 0.1) is 6.92 Å². The summed E-state index contributed by atoms with van der Waals surface area (Å²) < 4.78 is 5.37. The zero-order valence-electron chi connectivity index (χ0n) is 13.0. The summed E-state index contributed by atoms with van der Waals surface area (Å²) >= 11 is 1.53. The molecule has 0 N–H and O–H groups in total. The minimum absolute atomic E-state index is 0.0805. The van der Waals surface area contributed by atoms with Gasteiger partial charge in [0.05, 0.1) is 10.6 Å². The van der Waals surface area contributed by atoms with Crippen molar-refractivity contribution >= 4 is 17.2 Å². The monoisotopic (exact) mass is 327 g/mol. The minimum atomic E-state index is -0.0805. The van der Waals surface area contributed by atoms with E-state index < -0.39 is 0 Å². The van der Waals surface area contributed by atoms with Crippen LogP contribution in [0.2, 0.25) is 0 Å². The Balaban J connectivity index is 1.76. The van der Waals surface area contributed by atoms with E-state index in [4.69, 9.17) is 4.52 Å². The molecule has 0 aliphatic heterocycles. The predicted octanol–water partition coefficient (Wildman–Crippen LogP) is 3.42. The van der Waals surface area contributed by atoms with Gasteiger partial charge in [0.1, 0.15) is 5.56 Å². The van der Waals surface area contributed by atoms with Crippen LogP contribution in [0.1, 0.15) is 21.7 Å². The lowest BCUT2D eigenvalue weighted by molar-refractivity contribution is 0.0796. The molecule has 0 saturated carbocycles. The Hall–Kier alpha value is -2.47. The summed E-state index contributed by atoms with van der Waals surface area (Å²) in [4.78, 5) is 19.7. The Morgan fingerprint density at radius 2 is 2.17 bits per heavy atom. The summed E-state index contributed by atoms with van der Waals surface area (Å²) in [5.41, 5.74) is 2.12. The SMILES string of the molecule is Cc1noc(-c2cccs2)c1C(=O)N(C)CCc1ccccn1. The number of carbonyl (C=O) groups excluding carboxylic acids is 1. The van der Waals surface area contributed by atoms with Crippen molar-refractivity contribution in [3.8, 4) is 10.6 Å². The molecular formula is C17H17N3O2S. The molecule has 0 atom stereocenters. The van der Waals surface area contributed by atoms with Gasteiger partial charge in [-0.15, -0.1) is 11.3 Å². The van der Waals surface area contributed by atoms with Gasteiger partial charge in [-0.2, -0.15) is 0 Å². The fourth-order valence-corrected chi connectivity index (χ4v) is 3.03. The van der Waals surface area contributed by atoms with E-state index in [1.54, 1.807) is 25.1 Å². The van der Waals surface area contributed by atoms with E-state index in [2.05, 4.69) is 10.1 Å². The highest BCUT2D eigenvalue weighted by molar-refractivity contribution is 7.13. The van der Waals surface area contributed by atoms with Gasteiger partial charge in [-0.05, 0) is 30.5 Å². The average molecular weight is 327 g/mol. The van der Waals surface area contributed by atoms with Crippen molar-refractivity contribution in [2.75, 3.05) is 13.6 Å². The second kappa shape index (κ2) is 6.75. The number of pyridine rings is 1. The summed E-state index contributed by atoms with van der Waals surface area (Å²) in [7, 11) is 1.79. The number of nitrogens with zero attached hydrogens (tertiary/aromatic N) is 3. The maximum atomic E-state index is 12.8. The van der Waals surface area contributed by atoms with E-state index >= 15 is 0 Å². The molecular weight excluding hydrogens is 310 g/mol. The number of aromatic nitrogens is 2. The number of thiophene rings is 1. The normalized spacial score (nSPS) is 10.7. The van der Waals surface area contributed by atoms with Crippen molar-refractivity contribution in [3.05, 3.63) is 58.9 Å². The number of hydrogen-bond donors (Lipinski definition) is 0. The summed E-state index contributed by atoms with van der Waals surface area (Å²) in [6.07, 6.45) is 2.47. The van der Waals surface area contributed by atoms with Gasteiger partial charge in [0.25, 0.3) is 5.91 Å². The molecule has 3 aromatic rings. The fourth-order valence-electron chi connectivity index (χ4n) is 2.32. The summed E-state index contributed by atoms with van der Waals surface area (Å²) in [5, 5.41) is 5.92. The first-order valence-corrected chi connectivity index (χ1v) is 8.20. The second-order valence-corrected chi connectivity index (χ2v) is 6.19. The van der Waals surface area contributed by atoms with Crippen molar-refractivity contribution < 1.29 is 9.32 Å². The summed E-state index contributed by atoms with van der Waals surface area (Å²) in [6.45, 7) is 2.38. The van der Waals surface area contributed by atoms with Crippen molar-refractivity contribution in [1.29, 1.82) is 0 Å². The number of likely N-dealkylation sites (N-methyl/N-ethyl adjacent to an activating group) is 1. The number of rotatable bonds is 5. The first-order valence-electron chi connectivity index (χ1n) is 7.32. The Morgan fingerprint density at radius 3 is 2.87 bits per heavy atom. The van der Waals surface area contributed by atoms with Gasteiger partial charge in [0.15, 0.2) is 5.76 Å². The van der Waals surface area contributed by atoms with Gasteiger partial charge in [-0.25, -0.2) is 0 Å². The Labute approximate surface area is 138 Å². The molecule has 0 aromatic carbocycles. The van der Waals surface area contributed by atoms with Gasteiger partial charge in [-0.3, -0.25) is 9.78 Å². The molecule has 0 fully saturated rings. The minimum Gasteiger partial charge on any atom is -0.354 e. The maximum Gasteiger partial charge on any atom is 0.259 e. The van der Waals surface area contributed by atoms with E-state index in [1.165, 1.54) is 11.3 Å². The molecule has 0 saturated heterocycles. The van der Waals surface area contributed by atoms with Crippen LogP contribution in [0.5, 0.6) is 0 Å². The maximum absolute atomic E-state index is 12.8. The van der Waals surface area contributed by atoms with E-state index in [1.807, 2.05) is 35.7 Å². The van der Waals surface area contributed by atoms with Crippen molar-refractivity contribution in [3.63, 3.8) is 0 Å². The molecule has 1 amide bonds. The third-order valence-corrected chi connectivity index (χ3v) is 4.47. The topological polar surface area (TPSA) is 59.2 Å². The predicted molar refractivity (Wildman–Crippen MR) is 89.5 cm³/mol. The summed E-state index contributed by atoms with van der Waals surface area (Å²) in [5.74, 6) is 0.468. The zero-order chi connectivity index (χ0) is 16.2. The van der Waals surface area contributed by atoms with Crippen molar-refractivity contribution in [2.24, 2.45) is 0 Å². The van der Waals surface area contributed by atoms with Crippen LogP contribution in [0.3, 0.4) is 0 Å². The van der Waals surface area contributed by atoms with Crippen LogP contribution in [0.4, 0.5) is 0 Å². The highest BCUT2D eigenvalue weighted by atomic mass is 32.1. The highest BCUT2D eigenvalue weighted by Gasteiger charge is 2.24. The van der Waals surface area contributed by atoms with Crippen LogP contribution in [-0.4, -0.2) is 34.5 Å². The number of hydrogen-bond acceptors (Lipinski definition) is 5. The Kier molecular flexibility index (Phi) is 4.52. The third-order valence-electron chi connectivity index (χ3n) is 3.60. The molecule has 0 radical (unpaired) electrons.